The third-order valence-electron chi connectivity index (χ3n) is 4.25. The number of aryl methyl sites for hydroxylation is 2. The molecule has 5 heteroatoms. The van der Waals surface area contributed by atoms with Crippen molar-refractivity contribution in [1.29, 1.82) is 0 Å². The monoisotopic (exact) mass is 374 g/mol. The number of ether oxygens (including phenoxy) is 1. The Labute approximate surface area is 164 Å². The van der Waals surface area contributed by atoms with Crippen LogP contribution in [0.15, 0.2) is 72.8 Å². The summed E-state index contributed by atoms with van der Waals surface area (Å²) in [5.74, 6) is 0.774. The summed E-state index contributed by atoms with van der Waals surface area (Å²) in [6, 6.07) is 22.0. The maximum absolute atomic E-state index is 12.3. The van der Waals surface area contributed by atoms with E-state index < -0.39 is 0 Å². The SMILES string of the molecule is Cc1cccc(C)c1NC(=O)CNC(=O)c1ccc(Oc2ccccc2)cc1. The van der Waals surface area contributed by atoms with Gasteiger partial charge in [0.25, 0.3) is 5.91 Å². The number of carbonyl (C=O) groups excluding carboxylic acids is 2. The van der Waals surface area contributed by atoms with E-state index in [0.717, 1.165) is 22.6 Å². The van der Waals surface area contributed by atoms with Crippen molar-refractivity contribution in [3.8, 4) is 11.5 Å². The highest BCUT2D eigenvalue weighted by Crippen LogP contribution is 2.21. The van der Waals surface area contributed by atoms with Crippen LogP contribution < -0.4 is 15.4 Å². The van der Waals surface area contributed by atoms with Crippen molar-refractivity contribution in [2.75, 3.05) is 11.9 Å². The highest BCUT2D eigenvalue weighted by Gasteiger charge is 2.10. The second-order valence-electron chi connectivity index (χ2n) is 6.44. The predicted octanol–water partition coefficient (Wildman–Crippen LogP) is 4.46. The van der Waals surface area contributed by atoms with E-state index in [2.05, 4.69) is 10.6 Å². The van der Waals surface area contributed by atoms with Crippen LogP contribution in [-0.4, -0.2) is 18.4 Å². The van der Waals surface area contributed by atoms with Gasteiger partial charge in [-0.3, -0.25) is 9.59 Å². The number of rotatable bonds is 6. The summed E-state index contributed by atoms with van der Waals surface area (Å²) >= 11 is 0. The van der Waals surface area contributed by atoms with Crippen LogP contribution >= 0.6 is 0 Å². The molecule has 3 aromatic carbocycles. The number of hydrogen-bond acceptors (Lipinski definition) is 3. The largest absolute Gasteiger partial charge is 0.457 e. The molecule has 0 aliphatic heterocycles. The molecule has 0 unspecified atom stereocenters. The fourth-order valence-electron chi connectivity index (χ4n) is 2.76. The number of benzene rings is 3. The molecule has 0 saturated heterocycles. The lowest BCUT2D eigenvalue weighted by Crippen LogP contribution is -2.33. The third kappa shape index (κ3) is 4.98. The third-order valence-corrected chi connectivity index (χ3v) is 4.25. The molecule has 0 bridgehead atoms. The average Bonchev–Trinajstić information content (AvgIpc) is 2.70. The molecular formula is C23H22N2O3. The molecule has 5 nitrogen and oxygen atoms in total. The summed E-state index contributed by atoms with van der Waals surface area (Å²) in [5.41, 5.74) is 3.20. The van der Waals surface area contributed by atoms with Gasteiger partial charge in [0.05, 0.1) is 6.54 Å². The number of nitrogens with one attached hydrogen (secondary N) is 2. The van der Waals surface area contributed by atoms with Crippen LogP contribution in [-0.2, 0) is 4.79 Å². The summed E-state index contributed by atoms with van der Waals surface area (Å²) < 4.78 is 5.70. The minimum absolute atomic E-state index is 0.102. The molecule has 142 valence electrons. The van der Waals surface area contributed by atoms with E-state index in [1.165, 1.54) is 0 Å². The molecule has 0 aliphatic rings. The van der Waals surface area contributed by atoms with Crippen LogP contribution in [0, 0.1) is 13.8 Å². The molecular weight excluding hydrogens is 352 g/mol. The smallest absolute Gasteiger partial charge is 0.251 e. The van der Waals surface area contributed by atoms with E-state index in [0.29, 0.717) is 11.3 Å². The summed E-state index contributed by atoms with van der Waals surface area (Å²) in [5, 5.41) is 5.48. The molecule has 0 aromatic heterocycles. The van der Waals surface area contributed by atoms with Gasteiger partial charge in [0.2, 0.25) is 5.91 Å². The second-order valence-corrected chi connectivity index (χ2v) is 6.44. The molecule has 0 fully saturated rings. The van der Waals surface area contributed by atoms with Crippen molar-refractivity contribution in [1.82, 2.24) is 5.32 Å². The van der Waals surface area contributed by atoms with Crippen LogP contribution in [0.3, 0.4) is 0 Å². The quantitative estimate of drug-likeness (QED) is 0.669. The number of para-hydroxylation sites is 2. The van der Waals surface area contributed by atoms with Crippen LogP contribution in [0.25, 0.3) is 0 Å². The Balaban J connectivity index is 1.54. The van der Waals surface area contributed by atoms with Gasteiger partial charge in [-0.15, -0.1) is 0 Å². The molecule has 2 N–H and O–H groups in total. The Morgan fingerprint density at radius 2 is 1.39 bits per heavy atom. The first-order chi connectivity index (χ1) is 13.5. The fraction of sp³-hybridized carbons (Fsp3) is 0.130. The van der Waals surface area contributed by atoms with Crippen LogP contribution in [0.4, 0.5) is 5.69 Å². The van der Waals surface area contributed by atoms with Gasteiger partial charge in [-0.2, -0.15) is 0 Å². The van der Waals surface area contributed by atoms with Gasteiger partial charge in [-0.05, 0) is 61.4 Å². The summed E-state index contributed by atoms with van der Waals surface area (Å²) in [6.07, 6.45) is 0. The Morgan fingerprint density at radius 1 is 0.786 bits per heavy atom. The maximum atomic E-state index is 12.3. The number of carbonyl (C=O) groups is 2. The summed E-state index contributed by atoms with van der Waals surface area (Å²) in [7, 11) is 0. The van der Waals surface area contributed by atoms with Crippen LogP contribution in [0.2, 0.25) is 0 Å². The molecule has 0 heterocycles. The fourth-order valence-corrected chi connectivity index (χ4v) is 2.76. The lowest BCUT2D eigenvalue weighted by molar-refractivity contribution is -0.115. The molecule has 0 saturated carbocycles. The van der Waals surface area contributed by atoms with Crippen LogP contribution in [0.1, 0.15) is 21.5 Å². The van der Waals surface area contributed by atoms with E-state index in [-0.39, 0.29) is 18.4 Å². The highest BCUT2D eigenvalue weighted by atomic mass is 16.5. The summed E-state index contributed by atoms with van der Waals surface area (Å²) in [4.78, 5) is 24.4. The number of amides is 2. The number of hydrogen-bond donors (Lipinski definition) is 2. The van der Waals surface area contributed by atoms with Crippen molar-refractivity contribution in [3.63, 3.8) is 0 Å². The Bertz CT molecular complexity index is 947. The molecule has 0 spiro atoms. The van der Waals surface area contributed by atoms with Crippen molar-refractivity contribution in [2.24, 2.45) is 0 Å². The molecule has 0 atom stereocenters. The molecule has 0 aliphatic carbocycles. The predicted molar refractivity (Wildman–Crippen MR) is 110 cm³/mol. The van der Waals surface area contributed by atoms with Gasteiger partial charge >= 0.3 is 0 Å². The normalized spacial score (nSPS) is 10.2. The van der Waals surface area contributed by atoms with E-state index in [1.54, 1.807) is 24.3 Å². The Hall–Kier alpha value is -3.60. The maximum Gasteiger partial charge on any atom is 0.251 e. The molecule has 3 rings (SSSR count). The zero-order valence-electron chi connectivity index (χ0n) is 15.9. The molecule has 28 heavy (non-hydrogen) atoms. The molecule has 2 amide bonds. The first-order valence-electron chi connectivity index (χ1n) is 9.00. The van der Waals surface area contributed by atoms with Gasteiger partial charge in [0.15, 0.2) is 0 Å². The van der Waals surface area contributed by atoms with E-state index in [9.17, 15) is 9.59 Å². The highest BCUT2D eigenvalue weighted by molar-refractivity contribution is 5.99. The van der Waals surface area contributed by atoms with Gasteiger partial charge in [0, 0.05) is 11.3 Å². The van der Waals surface area contributed by atoms with Crippen molar-refractivity contribution >= 4 is 17.5 Å². The van der Waals surface area contributed by atoms with E-state index >= 15 is 0 Å². The second kappa shape index (κ2) is 8.86. The minimum atomic E-state index is -0.317. The minimum Gasteiger partial charge on any atom is -0.457 e. The lowest BCUT2D eigenvalue weighted by atomic mass is 10.1. The standard InChI is InChI=1S/C23H22N2O3/c1-16-7-6-8-17(2)22(16)25-21(26)15-24-23(27)18-11-13-20(14-12-18)28-19-9-4-3-5-10-19/h3-14H,15H2,1-2H3,(H,24,27)(H,25,26). The number of anilines is 1. The zero-order chi connectivity index (χ0) is 19.9. The van der Waals surface area contributed by atoms with Gasteiger partial charge in [0.1, 0.15) is 11.5 Å². The van der Waals surface area contributed by atoms with Crippen molar-refractivity contribution < 1.29 is 14.3 Å². The van der Waals surface area contributed by atoms with Gasteiger partial charge < -0.3 is 15.4 Å². The van der Waals surface area contributed by atoms with E-state index in [1.807, 2.05) is 62.4 Å². The lowest BCUT2D eigenvalue weighted by Gasteiger charge is -2.12. The van der Waals surface area contributed by atoms with Crippen molar-refractivity contribution in [2.45, 2.75) is 13.8 Å². The Kier molecular flexibility index (Phi) is 6.07. The molecule has 3 aromatic rings. The van der Waals surface area contributed by atoms with Gasteiger partial charge in [-0.1, -0.05) is 36.4 Å². The molecule has 0 radical (unpaired) electrons. The average molecular weight is 374 g/mol. The van der Waals surface area contributed by atoms with Crippen LogP contribution in [0.5, 0.6) is 11.5 Å². The van der Waals surface area contributed by atoms with Crippen molar-refractivity contribution in [3.05, 3.63) is 89.5 Å². The topological polar surface area (TPSA) is 67.4 Å². The van der Waals surface area contributed by atoms with Gasteiger partial charge in [-0.25, -0.2) is 0 Å². The van der Waals surface area contributed by atoms with E-state index in [4.69, 9.17) is 4.74 Å². The first-order valence-corrected chi connectivity index (χ1v) is 9.00. The zero-order valence-corrected chi connectivity index (χ0v) is 15.9. The summed E-state index contributed by atoms with van der Waals surface area (Å²) in [6.45, 7) is 3.76. The Morgan fingerprint density at radius 3 is 2.04 bits per heavy atom. The first kappa shape index (κ1) is 19.2.